The second-order valence-corrected chi connectivity index (χ2v) is 4.76. The monoisotopic (exact) mass is 267 g/mol. The summed E-state index contributed by atoms with van der Waals surface area (Å²) in [5.41, 5.74) is 12.3. The second-order valence-electron chi connectivity index (χ2n) is 4.76. The number of carbonyl (C=O) groups is 2. The van der Waals surface area contributed by atoms with Crippen molar-refractivity contribution in [1.29, 1.82) is 0 Å². The third kappa shape index (κ3) is 3.04. The summed E-state index contributed by atoms with van der Waals surface area (Å²) >= 11 is 0. The number of primary amides is 1. The molecule has 0 saturated heterocycles. The molecule has 106 valence electrons. The highest BCUT2D eigenvalue weighted by atomic mass is 16.2. The van der Waals surface area contributed by atoms with Crippen LogP contribution < -0.4 is 16.8 Å². The van der Waals surface area contributed by atoms with Gasteiger partial charge in [0.15, 0.2) is 0 Å². The van der Waals surface area contributed by atoms with Crippen LogP contribution in [0.5, 0.6) is 0 Å². The predicted molar refractivity (Wildman–Crippen MR) is 72.3 cm³/mol. The lowest BCUT2D eigenvalue weighted by Gasteiger charge is -2.19. The number of nitrogens with zero attached hydrogens (tertiary/aromatic N) is 2. The smallest absolute Gasteiger partial charge is 0.272 e. The molecule has 1 aromatic heterocycles. The predicted octanol–water partition coefficient (Wildman–Crippen LogP) is 0.0333. The molecule has 0 bridgehead atoms. The number of aryl methyl sites for hydroxylation is 2. The van der Waals surface area contributed by atoms with Crippen molar-refractivity contribution in [3.8, 4) is 0 Å². The number of nitrogens with one attached hydrogen (secondary N) is 1. The molecule has 0 aliphatic carbocycles. The molecule has 7 heteroatoms. The quantitative estimate of drug-likeness (QED) is 0.698. The van der Waals surface area contributed by atoms with Gasteiger partial charge in [0, 0.05) is 6.54 Å². The molecule has 0 fully saturated rings. The SMILES string of the molecule is CCn1nc(C)c(N)c1C(=O)NC(C(N)=O)C(C)C. The number of nitrogen functional groups attached to an aromatic ring is 1. The lowest BCUT2D eigenvalue weighted by molar-refractivity contribution is -0.120. The Morgan fingerprint density at radius 1 is 1.42 bits per heavy atom. The van der Waals surface area contributed by atoms with E-state index in [4.69, 9.17) is 11.5 Å². The van der Waals surface area contributed by atoms with E-state index in [-0.39, 0.29) is 11.6 Å². The van der Waals surface area contributed by atoms with E-state index in [0.29, 0.717) is 17.9 Å². The van der Waals surface area contributed by atoms with Gasteiger partial charge in [-0.15, -0.1) is 0 Å². The number of aromatic nitrogens is 2. The number of rotatable bonds is 5. The number of anilines is 1. The zero-order valence-corrected chi connectivity index (χ0v) is 11.7. The minimum atomic E-state index is -0.729. The number of nitrogens with two attached hydrogens (primary N) is 2. The van der Waals surface area contributed by atoms with Crippen molar-refractivity contribution < 1.29 is 9.59 Å². The summed E-state index contributed by atoms with van der Waals surface area (Å²) in [4.78, 5) is 23.5. The van der Waals surface area contributed by atoms with Gasteiger partial charge in [0.25, 0.3) is 5.91 Å². The molecule has 1 heterocycles. The standard InChI is InChI=1S/C12H21N5O2/c1-5-17-10(8(13)7(4)16-17)12(19)15-9(6(2)3)11(14)18/h6,9H,5,13H2,1-4H3,(H2,14,18)(H,15,19). The van der Waals surface area contributed by atoms with Crippen LogP contribution in [0.1, 0.15) is 37.0 Å². The van der Waals surface area contributed by atoms with E-state index in [1.165, 1.54) is 4.68 Å². The fraction of sp³-hybridized carbons (Fsp3) is 0.583. The summed E-state index contributed by atoms with van der Waals surface area (Å²) in [6.45, 7) is 7.72. The van der Waals surface area contributed by atoms with E-state index in [9.17, 15) is 9.59 Å². The number of amides is 2. The van der Waals surface area contributed by atoms with Crippen LogP contribution in [0, 0.1) is 12.8 Å². The van der Waals surface area contributed by atoms with E-state index in [1.807, 2.05) is 6.92 Å². The first-order valence-electron chi connectivity index (χ1n) is 6.22. The van der Waals surface area contributed by atoms with Crippen molar-refractivity contribution >= 4 is 17.5 Å². The molecular formula is C12H21N5O2. The Kier molecular flexibility index (Phi) is 4.52. The van der Waals surface area contributed by atoms with Gasteiger partial charge in [-0.25, -0.2) is 0 Å². The molecule has 5 N–H and O–H groups in total. The van der Waals surface area contributed by atoms with Crippen molar-refractivity contribution in [3.05, 3.63) is 11.4 Å². The van der Waals surface area contributed by atoms with Crippen LogP contribution in [-0.4, -0.2) is 27.6 Å². The summed E-state index contributed by atoms with van der Waals surface area (Å²) < 4.78 is 1.51. The maximum atomic E-state index is 12.2. The van der Waals surface area contributed by atoms with Gasteiger partial charge < -0.3 is 16.8 Å². The summed E-state index contributed by atoms with van der Waals surface area (Å²) in [7, 11) is 0. The molecule has 2 amide bonds. The molecule has 1 atom stereocenters. The van der Waals surface area contributed by atoms with Gasteiger partial charge in [-0.05, 0) is 19.8 Å². The Bertz CT molecular complexity index is 493. The third-order valence-electron chi connectivity index (χ3n) is 2.95. The summed E-state index contributed by atoms with van der Waals surface area (Å²) in [6, 6.07) is -0.729. The Morgan fingerprint density at radius 3 is 2.42 bits per heavy atom. The molecule has 0 spiro atoms. The molecule has 0 aliphatic rings. The van der Waals surface area contributed by atoms with Gasteiger partial charge in [0.05, 0.1) is 11.4 Å². The molecule has 0 radical (unpaired) electrons. The minimum Gasteiger partial charge on any atom is -0.395 e. The van der Waals surface area contributed by atoms with Crippen molar-refractivity contribution in [2.45, 2.75) is 40.3 Å². The Balaban J connectivity index is 3.04. The van der Waals surface area contributed by atoms with Crippen LogP contribution >= 0.6 is 0 Å². The number of carbonyl (C=O) groups excluding carboxylic acids is 2. The summed E-state index contributed by atoms with van der Waals surface area (Å²) in [5, 5.41) is 6.77. The van der Waals surface area contributed by atoms with Gasteiger partial charge in [-0.1, -0.05) is 13.8 Å². The molecular weight excluding hydrogens is 246 g/mol. The van der Waals surface area contributed by atoms with E-state index >= 15 is 0 Å². The lowest BCUT2D eigenvalue weighted by atomic mass is 10.0. The molecule has 0 aromatic carbocycles. The molecule has 1 unspecified atom stereocenters. The van der Waals surface area contributed by atoms with Gasteiger partial charge in [0.1, 0.15) is 11.7 Å². The van der Waals surface area contributed by atoms with Crippen LogP contribution in [0.25, 0.3) is 0 Å². The van der Waals surface area contributed by atoms with Crippen LogP contribution in [0.4, 0.5) is 5.69 Å². The van der Waals surface area contributed by atoms with Gasteiger partial charge in [-0.2, -0.15) is 5.10 Å². The van der Waals surface area contributed by atoms with Crippen LogP contribution in [-0.2, 0) is 11.3 Å². The second kappa shape index (κ2) is 5.73. The zero-order valence-electron chi connectivity index (χ0n) is 11.7. The maximum absolute atomic E-state index is 12.2. The van der Waals surface area contributed by atoms with E-state index < -0.39 is 17.9 Å². The van der Waals surface area contributed by atoms with E-state index in [2.05, 4.69) is 10.4 Å². The molecule has 19 heavy (non-hydrogen) atoms. The van der Waals surface area contributed by atoms with Crippen molar-refractivity contribution in [1.82, 2.24) is 15.1 Å². The summed E-state index contributed by atoms with van der Waals surface area (Å²) in [6.07, 6.45) is 0. The zero-order chi connectivity index (χ0) is 14.7. The first kappa shape index (κ1) is 15.0. The van der Waals surface area contributed by atoms with Crippen LogP contribution in [0.2, 0.25) is 0 Å². The van der Waals surface area contributed by atoms with Crippen molar-refractivity contribution in [2.24, 2.45) is 11.7 Å². The van der Waals surface area contributed by atoms with E-state index in [1.54, 1.807) is 20.8 Å². The maximum Gasteiger partial charge on any atom is 0.272 e. The largest absolute Gasteiger partial charge is 0.395 e. The fourth-order valence-corrected chi connectivity index (χ4v) is 1.84. The Labute approximate surface area is 112 Å². The lowest BCUT2D eigenvalue weighted by Crippen LogP contribution is -2.48. The fourth-order valence-electron chi connectivity index (χ4n) is 1.84. The molecule has 0 aliphatic heterocycles. The average Bonchev–Trinajstić information content (AvgIpc) is 2.61. The van der Waals surface area contributed by atoms with Gasteiger partial charge >= 0.3 is 0 Å². The first-order chi connectivity index (χ1) is 8.79. The highest BCUT2D eigenvalue weighted by molar-refractivity contribution is 6.00. The summed E-state index contributed by atoms with van der Waals surface area (Å²) in [5.74, 6) is -1.10. The van der Waals surface area contributed by atoms with Gasteiger partial charge in [0.2, 0.25) is 5.91 Å². The third-order valence-corrected chi connectivity index (χ3v) is 2.95. The van der Waals surface area contributed by atoms with Crippen LogP contribution in [0.15, 0.2) is 0 Å². The average molecular weight is 267 g/mol. The van der Waals surface area contributed by atoms with Crippen molar-refractivity contribution in [2.75, 3.05) is 5.73 Å². The molecule has 0 saturated carbocycles. The molecule has 1 rings (SSSR count). The molecule has 1 aromatic rings. The van der Waals surface area contributed by atoms with Crippen LogP contribution in [0.3, 0.4) is 0 Å². The number of hydrogen-bond donors (Lipinski definition) is 3. The normalized spacial score (nSPS) is 12.5. The Morgan fingerprint density at radius 2 is 2.00 bits per heavy atom. The topological polar surface area (TPSA) is 116 Å². The van der Waals surface area contributed by atoms with E-state index in [0.717, 1.165) is 0 Å². The minimum absolute atomic E-state index is 0.0956. The highest BCUT2D eigenvalue weighted by Gasteiger charge is 2.26. The molecule has 7 nitrogen and oxygen atoms in total. The highest BCUT2D eigenvalue weighted by Crippen LogP contribution is 2.16. The van der Waals surface area contributed by atoms with Crippen molar-refractivity contribution in [3.63, 3.8) is 0 Å². The first-order valence-corrected chi connectivity index (χ1v) is 6.22. The van der Waals surface area contributed by atoms with Gasteiger partial charge in [-0.3, -0.25) is 14.3 Å². The number of hydrogen-bond acceptors (Lipinski definition) is 4. The Hall–Kier alpha value is -2.05.